The van der Waals surface area contributed by atoms with Crippen LogP contribution in [0.2, 0.25) is 5.02 Å². The van der Waals surface area contributed by atoms with Crippen molar-refractivity contribution >= 4 is 11.6 Å². The van der Waals surface area contributed by atoms with Crippen molar-refractivity contribution in [2.45, 2.75) is 32.9 Å². The zero-order valence-corrected chi connectivity index (χ0v) is 12.1. The maximum Gasteiger partial charge on any atom is 0.0834 e. The first-order valence-corrected chi connectivity index (χ1v) is 6.97. The summed E-state index contributed by atoms with van der Waals surface area (Å²) in [6, 6.07) is 4.23. The van der Waals surface area contributed by atoms with Crippen LogP contribution in [0.25, 0.3) is 0 Å². The molecular weight excluding hydrogens is 260 g/mol. The molecule has 0 aromatic carbocycles. The molecule has 1 N–H and O–H groups in total. The quantitative estimate of drug-likeness (QED) is 0.884. The first-order valence-electron chi connectivity index (χ1n) is 6.59. The van der Waals surface area contributed by atoms with Crippen LogP contribution in [0, 0.1) is 0 Å². The first kappa shape index (κ1) is 14.0. The topological polar surface area (TPSA) is 42.7 Å². The van der Waals surface area contributed by atoms with Crippen molar-refractivity contribution in [1.82, 2.24) is 20.1 Å². The first-order chi connectivity index (χ1) is 9.26. The summed E-state index contributed by atoms with van der Waals surface area (Å²) in [6.45, 7) is 5.88. The molecule has 2 aromatic rings. The fraction of sp³-hybridized carbons (Fsp3) is 0.429. The van der Waals surface area contributed by atoms with Gasteiger partial charge in [0.15, 0.2) is 0 Å². The van der Waals surface area contributed by atoms with Gasteiger partial charge in [-0.05, 0) is 37.6 Å². The van der Waals surface area contributed by atoms with Gasteiger partial charge in [-0.25, -0.2) is 0 Å². The van der Waals surface area contributed by atoms with Crippen LogP contribution in [0.5, 0.6) is 0 Å². The molecule has 1 atom stereocenters. The van der Waals surface area contributed by atoms with Crippen molar-refractivity contribution in [3.05, 3.63) is 47.0 Å². The average molecular weight is 279 g/mol. The van der Waals surface area contributed by atoms with Crippen LogP contribution in [0.15, 0.2) is 30.7 Å². The van der Waals surface area contributed by atoms with Crippen molar-refractivity contribution in [2.24, 2.45) is 0 Å². The Kier molecular flexibility index (Phi) is 4.93. The molecule has 0 aliphatic carbocycles. The molecule has 2 aromatic heterocycles. The number of aryl methyl sites for hydroxylation is 1. The molecule has 0 fully saturated rings. The van der Waals surface area contributed by atoms with Gasteiger partial charge in [0, 0.05) is 18.9 Å². The van der Waals surface area contributed by atoms with Crippen LogP contribution < -0.4 is 5.32 Å². The standard InChI is InChI=1S/C14H19ClN4/c1-3-17-13(9-11-5-7-16-8-6-11)14-12(15)10-18-19(14)4-2/h5-8,10,13,17H,3-4,9H2,1-2H3. The second-order valence-corrected chi connectivity index (χ2v) is 4.77. The van der Waals surface area contributed by atoms with Gasteiger partial charge in [-0.3, -0.25) is 9.67 Å². The molecule has 1 unspecified atom stereocenters. The van der Waals surface area contributed by atoms with Crippen LogP contribution in [0.4, 0.5) is 0 Å². The Morgan fingerprint density at radius 3 is 2.68 bits per heavy atom. The third-order valence-electron chi connectivity index (χ3n) is 3.10. The third-order valence-corrected chi connectivity index (χ3v) is 3.39. The van der Waals surface area contributed by atoms with E-state index < -0.39 is 0 Å². The smallest absolute Gasteiger partial charge is 0.0834 e. The van der Waals surface area contributed by atoms with E-state index in [1.54, 1.807) is 6.20 Å². The van der Waals surface area contributed by atoms with Crippen molar-refractivity contribution in [3.8, 4) is 0 Å². The number of hydrogen-bond acceptors (Lipinski definition) is 3. The summed E-state index contributed by atoms with van der Waals surface area (Å²) in [5, 5.41) is 8.52. The Morgan fingerprint density at radius 1 is 1.32 bits per heavy atom. The lowest BCUT2D eigenvalue weighted by molar-refractivity contribution is 0.490. The molecule has 2 heterocycles. The predicted molar refractivity (Wildman–Crippen MR) is 77.3 cm³/mol. The SMILES string of the molecule is CCNC(Cc1ccncc1)c1c(Cl)cnn1CC. The largest absolute Gasteiger partial charge is 0.309 e. The summed E-state index contributed by atoms with van der Waals surface area (Å²) in [6.07, 6.45) is 6.23. The maximum atomic E-state index is 6.28. The second-order valence-electron chi connectivity index (χ2n) is 4.36. The number of nitrogens with one attached hydrogen (secondary N) is 1. The molecule has 2 rings (SSSR count). The molecule has 0 radical (unpaired) electrons. The van der Waals surface area contributed by atoms with E-state index in [0.717, 1.165) is 30.2 Å². The number of rotatable bonds is 6. The summed E-state index contributed by atoms with van der Waals surface area (Å²) < 4.78 is 1.96. The minimum atomic E-state index is 0.169. The van der Waals surface area contributed by atoms with Crippen molar-refractivity contribution in [3.63, 3.8) is 0 Å². The molecule has 5 heteroatoms. The number of hydrogen-bond donors (Lipinski definition) is 1. The van der Waals surface area contributed by atoms with Gasteiger partial charge in [0.1, 0.15) is 0 Å². The van der Waals surface area contributed by atoms with Gasteiger partial charge in [0.25, 0.3) is 0 Å². The molecule has 102 valence electrons. The van der Waals surface area contributed by atoms with Crippen LogP contribution in [0.1, 0.15) is 31.1 Å². The van der Waals surface area contributed by atoms with Gasteiger partial charge < -0.3 is 5.32 Å². The van der Waals surface area contributed by atoms with Gasteiger partial charge in [0.05, 0.1) is 23.0 Å². The van der Waals surface area contributed by atoms with Gasteiger partial charge in [0.2, 0.25) is 0 Å². The second kappa shape index (κ2) is 6.68. The Morgan fingerprint density at radius 2 is 2.05 bits per heavy atom. The fourth-order valence-corrected chi connectivity index (χ4v) is 2.51. The number of pyridine rings is 1. The normalized spacial score (nSPS) is 12.6. The molecule has 0 aliphatic heterocycles. The molecule has 0 saturated carbocycles. The minimum Gasteiger partial charge on any atom is -0.309 e. The summed E-state index contributed by atoms with van der Waals surface area (Å²) in [7, 11) is 0. The molecule has 0 bridgehead atoms. The third kappa shape index (κ3) is 3.33. The lowest BCUT2D eigenvalue weighted by Crippen LogP contribution is -2.26. The average Bonchev–Trinajstić information content (AvgIpc) is 2.80. The van der Waals surface area contributed by atoms with Crippen LogP contribution in [-0.2, 0) is 13.0 Å². The molecule has 0 amide bonds. The number of halogens is 1. The Bertz CT molecular complexity index is 509. The Hall–Kier alpha value is -1.39. The summed E-state index contributed by atoms with van der Waals surface area (Å²) in [5.41, 5.74) is 2.30. The highest BCUT2D eigenvalue weighted by Gasteiger charge is 2.19. The molecule has 0 aliphatic rings. The van der Waals surface area contributed by atoms with E-state index >= 15 is 0 Å². The van der Waals surface area contributed by atoms with E-state index in [1.807, 2.05) is 29.2 Å². The van der Waals surface area contributed by atoms with Gasteiger partial charge in [-0.2, -0.15) is 5.10 Å². The minimum absolute atomic E-state index is 0.169. The lowest BCUT2D eigenvalue weighted by Gasteiger charge is -2.19. The predicted octanol–water partition coefficient (Wildman–Crippen LogP) is 2.84. The van der Waals surface area contributed by atoms with Crippen LogP contribution in [0.3, 0.4) is 0 Å². The summed E-state index contributed by atoms with van der Waals surface area (Å²) >= 11 is 6.28. The molecule has 4 nitrogen and oxygen atoms in total. The van der Waals surface area contributed by atoms with Gasteiger partial charge >= 0.3 is 0 Å². The van der Waals surface area contributed by atoms with Crippen molar-refractivity contribution in [1.29, 1.82) is 0 Å². The van der Waals surface area contributed by atoms with Crippen molar-refractivity contribution in [2.75, 3.05) is 6.54 Å². The molecule has 19 heavy (non-hydrogen) atoms. The number of likely N-dealkylation sites (N-methyl/N-ethyl adjacent to an activating group) is 1. The lowest BCUT2D eigenvalue weighted by atomic mass is 10.0. The molecular formula is C14H19ClN4. The van der Waals surface area contributed by atoms with E-state index in [1.165, 1.54) is 5.56 Å². The fourth-order valence-electron chi connectivity index (χ4n) is 2.24. The monoisotopic (exact) mass is 278 g/mol. The molecule has 0 spiro atoms. The highest BCUT2D eigenvalue weighted by Crippen LogP contribution is 2.25. The summed E-state index contributed by atoms with van der Waals surface area (Å²) in [5.74, 6) is 0. The Balaban J connectivity index is 2.27. The highest BCUT2D eigenvalue weighted by molar-refractivity contribution is 6.31. The number of nitrogens with zero attached hydrogens (tertiary/aromatic N) is 3. The highest BCUT2D eigenvalue weighted by atomic mass is 35.5. The Labute approximate surface area is 118 Å². The number of aromatic nitrogens is 3. The van der Waals surface area contributed by atoms with E-state index in [0.29, 0.717) is 0 Å². The van der Waals surface area contributed by atoms with Crippen molar-refractivity contribution < 1.29 is 0 Å². The van der Waals surface area contributed by atoms with E-state index in [2.05, 4.69) is 29.2 Å². The van der Waals surface area contributed by atoms with E-state index in [4.69, 9.17) is 11.6 Å². The molecule has 0 saturated heterocycles. The van der Waals surface area contributed by atoms with E-state index in [-0.39, 0.29) is 6.04 Å². The van der Waals surface area contributed by atoms with Gasteiger partial charge in [-0.15, -0.1) is 0 Å². The maximum absolute atomic E-state index is 6.28. The van der Waals surface area contributed by atoms with Gasteiger partial charge in [-0.1, -0.05) is 18.5 Å². The zero-order valence-electron chi connectivity index (χ0n) is 11.3. The van der Waals surface area contributed by atoms with E-state index in [9.17, 15) is 0 Å². The van der Waals surface area contributed by atoms with Crippen LogP contribution in [-0.4, -0.2) is 21.3 Å². The summed E-state index contributed by atoms with van der Waals surface area (Å²) in [4.78, 5) is 4.05. The zero-order chi connectivity index (χ0) is 13.7. The van der Waals surface area contributed by atoms with Crippen LogP contribution >= 0.6 is 11.6 Å².